The molecule has 3 unspecified atom stereocenters. The standard InChI is InChI=1S/C31H41NO5/c1-23-17-19-32(20-18-23)21-26(37-31(35)28-13-7-6-12-27(28)30(33)34)22-36-29-14-8-5-11-25(29)16-15-24-9-3-2-4-10-24/h2-5,8-11,14,23,26-28H,6-7,12-13,15-22H2,1H3,(H,33,34). The molecule has 1 saturated heterocycles. The number of piperidine rings is 1. The number of rotatable bonds is 11. The van der Waals surface area contributed by atoms with Gasteiger partial charge in [-0.05, 0) is 74.7 Å². The Kier molecular flexibility index (Phi) is 10.0. The van der Waals surface area contributed by atoms with Gasteiger partial charge in [0.15, 0.2) is 0 Å². The number of esters is 1. The summed E-state index contributed by atoms with van der Waals surface area (Å²) < 4.78 is 12.3. The van der Waals surface area contributed by atoms with E-state index in [1.54, 1.807) is 0 Å². The second-order valence-electron chi connectivity index (χ2n) is 10.8. The molecule has 6 heteroatoms. The molecule has 6 nitrogen and oxygen atoms in total. The van der Waals surface area contributed by atoms with Gasteiger partial charge in [-0.2, -0.15) is 0 Å². The molecule has 37 heavy (non-hydrogen) atoms. The van der Waals surface area contributed by atoms with E-state index in [1.165, 1.54) is 5.56 Å². The third-order valence-corrected chi connectivity index (χ3v) is 7.93. The molecule has 0 amide bonds. The lowest BCUT2D eigenvalue weighted by atomic mass is 9.79. The number of ether oxygens (including phenoxy) is 2. The highest BCUT2D eigenvalue weighted by Crippen LogP contribution is 2.32. The van der Waals surface area contributed by atoms with Gasteiger partial charge in [-0.3, -0.25) is 14.5 Å². The number of hydrogen-bond donors (Lipinski definition) is 1. The summed E-state index contributed by atoms with van der Waals surface area (Å²) in [5, 5.41) is 9.65. The van der Waals surface area contributed by atoms with E-state index < -0.39 is 23.9 Å². The van der Waals surface area contributed by atoms with Crippen molar-refractivity contribution in [2.75, 3.05) is 26.2 Å². The van der Waals surface area contributed by atoms with Gasteiger partial charge in [-0.1, -0.05) is 68.3 Å². The predicted octanol–water partition coefficient (Wildman–Crippen LogP) is 5.39. The van der Waals surface area contributed by atoms with Crippen LogP contribution < -0.4 is 4.74 Å². The molecule has 2 fully saturated rings. The van der Waals surface area contributed by atoms with Crippen LogP contribution in [0.5, 0.6) is 5.75 Å². The fraction of sp³-hybridized carbons (Fsp3) is 0.548. The number of aliphatic carboxylic acids is 1. The number of benzene rings is 2. The number of nitrogens with zero attached hydrogens (tertiary/aromatic N) is 1. The van der Waals surface area contributed by atoms with E-state index in [-0.39, 0.29) is 12.6 Å². The van der Waals surface area contributed by atoms with Crippen LogP contribution in [0.2, 0.25) is 0 Å². The van der Waals surface area contributed by atoms with Crippen LogP contribution in [0.1, 0.15) is 56.6 Å². The summed E-state index contributed by atoms with van der Waals surface area (Å²) >= 11 is 0. The number of carboxylic acid groups (broad SMARTS) is 1. The van der Waals surface area contributed by atoms with Gasteiger partial charge in [0, 0.05) is 6.54 Å². The summed E-state index contributed by atoms with van der Waals surface area (Å²) in [6.07, 6.45) is 6.42. The number of carbonyl (C=O) groups excluding carboxylic acids is 1. The van der Waals surface area contributed by atoms with Crippen molar-refractivity contribution < 1.29 is 24.2 Å². The van der Waals surface area contributed by atoms with Crippen molar-refractivity contribution in [2.45, 2.75) is 64.4 Å². The van der Waals surface area contributed by atoms with Gasteiger partial charge in [0.05, 0.1) is 11.8 Å². The smallest absolute Gasteiger partial charge is 0.310 e. The molecule has 0 bridgehead atoms. The lowest BCUT2D eigenvalue weighted by Crippen LogP contribution is -2.44. The van der Waals surface area contributed by atoms with Gasteiger partial charge in [0.1, 0.15) is 18.5 Å². The molecule has 2 aliphatic rings. The molecule has 1 aliphatic carbocycles. The molecule has 0 radical (unpaired) electrons. The summed E-state index contributed by atoms with van der Waals surface area (Å²) in [6.45, 7) is 5.09. The van der Waals surface area contributed by atoms with Crippen LogP contribution in [0.25, 0.3) is 0 Å². The van der Waals surface area contributed by atoms with Crippen molar-refractivity contribution >= 4 is 11.9 Å². The Balaban J connectivity index is 1.42. The lowest BCUT2D eigenvalue weighted by Gasteiger charge is -2.34. The fourth-order valence-corrected chi connectivity index (χ4v) is 5.57. The van der Waals surface area contributed by atoms with Crippen molar-refractivity contribution in [3.8, 4) is 5.75 Å². The normalized spacial score (nSPS) is 21.8. The lowest BCUT2D eigenvalue weighted by molar-refractivity contribution is -0.165. The molecule has 0 spiro atoms. The molecule has 2 aromatic rings. The number of carboxylic acids is 1. The molecular weight excluding hydrogens is 466 g/mol. The van der Waals surface area contributed by atoms with Crippen LogP contribution in [0.3, 0.4) is 0 Å². The molecule has 1 aliphatic heterocycles. The molecule has 0 aromatic heterocycles. The van der Waals surface area contributed by atoms with E-state index in [1.807, 2.05) is 24.3 Å². The van der Waals surface area contributed by atoms with Crippen molar-refractivity contribution in [3.63, 3.8) is 0 Å². The van der Waals surface area contributed by atoms with Crippen LogP contribution in [0, 0.1) is 17.8 Å². The first kappa shape index (κ1) is 27.2. The monoisotopic (exact) mass is 507 g/mol. The molecule has 2 aromatic carbocycles. The number of likely N-dealkylation sites (tertiary alicyclic amines) is 1. The average molecular weight is 508 g/mol. The minimum Gasteiger partial charge on any atom is -0.489 e. The van der Waals surface area contributed by atoms with E-state index in [0.29, 0.717) is 25.3 Å². The summed E-state index contributed by atoms with van der Waals surface area (Å²) in [5.74, 6) is -0.989. The average Bonchev–Trinajstić information content (AvgIpc) is 2.92. The Morgan fingerprint density at radius 1 is 0.919 bits per heavy atom. The highest BCUT2D eigenvalue weighted by atomic mass is 16.6. The van der Waals surface area contributed by atoms with Crippen LogP contribution >= 0.6 is 0 Å². The van der Waals surface area contributed by atoms with Crippen LogP contribution in [-0.2, 0) is 27.2 Å². The molecule has 1 heterocycles. The first-order valence-corrected chi connectivity index (χ1v) is 13.9. The zero-order valence-corrected chi connectivity index (χ0v) is 22.0. The highest BCUT2D eigenvalue weighted by Gasteiger charge is 2.38. The molecule has 1 saturated carbocycles. The topological polar surface area (TPSA) is 76.1 Å². The predicted molar refractivity (Wildman–Crippen MR) is 144 cm³/mol. The Labute approximate surface area is 221 Å². The summed E-state index contributed by atoms with van der Waals surface area (Å²) in [4.78, 5) is 27.3. The van der Waals surface area contributed by atoms with Gasteiger partial charge in [-0.15, -0.1) is 0 Å². The minimum atomic E-state index is -0.896. The van der Waals surface area contributed by atoms with E-state index >= 15 is 0 Å². The number of carbonyl (C=O) groups is 2. The van der Waals surface area contributed by atoms with Crippen molar-refractivity contribution in [2.24, 2.45) is 17.8 Å². The SMILES string of the molecule is CC1CCN(CC(COc2ccccc2CCc2ccccc2)OC(=O)C2CCCCC2C(=O)O)CC1. The van der Waals surface area contributed by atoms with E-state index in [2.05, 4.69) is 42.2 Å². The Bertz CT molecular complexity index is 1000. The van der Waals surface area contributed by atoms with Gasteiger partial charge >= 0.3 is 11.9 Å². The number of aryl methyl sites for hydroxylation is 2. The first-order chi connectivity index (χ1) is 18.0. The zero-order valence-electron chi connectivity index (χ0n) is 22.0. The molecule has 3 atom stereocenters. The third-order valence-electron chi connectivity index (χ3n) is 7.93. The van der Waals surface area contributed by atoms with Crippen LogP contribution in [-0.4, -0.2) is 54.3 Å². The highest BCUT2D eigenvalue weighted by molar-refractivity contribution is 5.81. The molecule has 200 valence electrons. The first-order valence-electron chi connectivity index (χ1n) is 13.9. The maximum atomic E-state index is 13.2. The van der Waals surface area contributed by atoms with Gasteiger partial charge in [-0.25, -0.2) is 0 Å². The molecule has 1 N–H and O–H groups in total. The van der Waals surface area contributed by atoms with Crippen molar-refractivity contribution in [1.29, 1.82) is 0 Å². The molecule has 4 rings (SSSR count). The second kappa shape index (κ2) is 13.6. The Morgan fingerprint density at radius 3 is 2.32 bits per heavy atom. The maximum Gasteiger partial charge on any atom is 0.310 e. The van der Waals surface area contributed by atoms with Gasteiger partial charge < -0.3 is 14.6 Å². The molecular formula is C31H41NO5. The van der Waals surface area contributed by atoms with Crippen LogP contribution in [0.4, 0.5) is 0 Å². The van der Waals surface area contributed by atoms with E-state index in [9.17, 15) is 14.7 Å². The fourth-order valence-electron chi connectivity index (χ4n) is 5.57. The maximum absolute atomic E-state index is 13.2. The largest absolute Gasteiger partial charge is 0.489 e. The van der Waals surface area contributed by atoms with Crippen molar-refractivity contribution in [1.82, 2.24) is 4.90 Å². The van der Waals surface area contributed by atoms with Crippen LogP contribution in [0.15, 0.2) is 54.6 Å². The Morgan fingerprint density at radius 2 is 1.59 bits per heavy atom. The zero-order chi connectivity index (χ0) is 26.0. The van der Waals surface area contributed by atoms with Crippen molar-refractivity contribution in [3.05, 3.63) is 65.7 Å². The summed E-state index contributed by atoms with van der Waals surface area (Å²) in [7, 11) is 0. The minimum absolute atomic E-state index is 0.255. The Hall–Kier alpha value is -2.86. The number of hydrogen-bond acceptors (Lipinski definition) is 5. The van der Waals surface area contributed by atoms with E-state index in [4.69, 9.17) is 9.47 Å². The van der Waals surface area contributed by atoms with Gasteiger partial charge in [0.2, 0.25) is 0 Å². The summed E-state index contributed by atoms with van der Waals surface area (Å²) in [6, 6.07) is 18.5. The van der Waals surface area contributed by atoms with E-state index in [0.717, 1.165) is 62.9 Å². The van der Waals surface area contributed by atoms with Gasteiger partial charge in [0.25, 0.3) is 0 Å². The second-order valence-corrected chi connectivity index (χ2v) is 10.8. The third kappa shape index (κ3) is 8.06. The quantitative estimate of drug-likeness (QED) is 0.411. The number of para-hydroxylation sites is 1. The summed E-state index contributed by atoms with van der Waals surface area (Å²) in [5.41, 5.74) is 2.41.